The standard InChI is InChI=1S/C12H26N2O5/c13-10-17-8-9-19-11-18-7-4-12(16)14-5-2-1-3-6-15/h15H,1-11,13H2,(H,14,16). The molecule has 0 bridgehead atoms. The van der Waals surface area contributed by atoms with Crippen molar-refractivity contribution in [1.82, 2.24) is 5.32 Å². The number of carbonyl (C=O) groups excluding carboxylic acids is 1. The van der Waals surface area contributed by atoms with E-state index >= 15 is 0 Å². The Kier molecular flexibility index (Phi) is 14.7. The van der Waals surface area contributed by atoms with E-state index in [2.05, 4.69) is 5.32 Å². The summed E-state index contributed by atoms with van der Waals surface area (Å²) >= 11 is 0. The highest BCUT2D eigenvalue weighted by Crippen LogP contribution is 1.92. The molecule has 0 aromatic rings. The molecule has 7 nitrogen and oxygen atoms in total. The molecule has 0 aliphatic heterocycles. The van der Waals surface area contributed by atoms with Crippen LogP contribution in [0, 0.1) is 0 Å². The van der Waals surface area contributed by atoms with E-state index in [1.807, 2.05) is 0 Å². The SMILES string of the molecule is NCOCCOCOCCC(=O)NCCCCCO. The third-order valence-corrected chi connectivity index (χ3v) is 2.29. The maximum Gasteiger partial charge on any atom is 0.222 e. The van der Waals surface area contributed by atoms with E-state index in [1.165, 1.54) is 0 Å². The number of aliphatic hydroxyl groups excluding tert-OH is 1. The summed E-state index contributed by atoms with van der Waals surface area (Å²) in [6.45, 7) is 2.38. The number of hydrogen-bond acceptors (Lipinski definition) is 6. The van der Waals surface area contributed by atoms with Gasteiger partial charge in [-0.15, -0.1) is 0 Å². The number of nitrogens with one attached hydrogen (secondary N) is 1. The van der Waals surface area contributed by atoms with Crippen molar-refractivity contribution in [2.24, 2.45) is 5.73 Å². The molecule has 114 valence electrons. The van der Waals surface area contributed by atoms with Crippen molar-refractivity contribution in [3.8, 4) is 0 Å². The highest BCUT2D eigenvalue weighted by Gasteiger charge is 2.00. The second-order valence-corrected chi connectivity index (χ2v) is 3.89. The Morgan fingerprint density at radius 2 is 1.79 bits per heavy atom. The molecular formula is C12H26N2O5. The maximum absolute atomic E-state index is 11.3. The van der Waals surface area contributed by atoms with Crippen LogP contribution in [0.1, 0.15) is 25.7 Å². The van der Waals surface area contributed by atoms with Crippen LogP contribution in [-0.2, 0) is 19.0 Å². The number of carbonyl (C=O) groups is 1. The van der Waals surface area contributed by atoms with Crippen LogP contribution in [0.15, 0.2) is 0 Å². The Morgan fingerprint density at radius 3 is 2.53 bits per heavy atom. The van der Waals surface area contributed by atoms with Gasteiger partial charge in [-0.1, -0.05) is 0 Å². The molecule has 7 heteroatoms. The Hall–Kier alpha value is -0.730. The Bertz CT molecular complexity index is 205. The first kappa shape index (κ1) is 18.3. The third-order valence-electron chi connectivity index (χ3n) is 2.29. The van der Waals surface area contributed by atoms with Gasteiger partial charge in [-0.25, -0.2) is 0 Å². The summed E-state index contributed by atoms with van der Waals surface area (Å²) in [4.78, 5) is 11.3. The summed E-state index contributed by atoms with van der Waals surface area (Å²) in [5, 5.41) is 11.4. The van der Waals surface area contributed by atoms with Gasteiger partial charge >= 0.3 is 0 Å². The largest absolute Gasteiger partial charge is 0.396 e. The first-order valence-electron chi connectivity index (χ1n) is 6.62. The van der Waals surface area contributed by atoms with Crippen LogP contribution in [0.3, 0.4) is 0 Å². The number of ether oxygens (including phenoxy) is 3. The van der Waals surface area contributed by atoms with Gasteiger partial charge in [-0.2, -0.15) is 0 Å². The quantitative estimate of drug-likeness (QED) is 0.294. The van der Waals surface area contributed by atoms with E-state index < -0.39 is 0 Å². The molecule has 0 radical (unpaired) electrons. The van der Waals surface area contributed by atoms with Gasteiger partial charge in [0.1, 0.15) is 6.79 Å². The molecule has 0 aliphatic carbocycles. The predicted octanol–water partition coefficient (Wildman–Crippen LogP) is -0.421. The maximum atomic E-state index is 11.3. The fraction of sp³-hybridized carbons (Fsp3) is 0.917. The summed E-state index contributed by atoms with van der Waals surface area (Å²) in [5.74, 6) is -0.0320. The van der Waals surface area contributed by atoms with Gasteiger partial charge in [-0.05, 0) is 19.3 Å². The Labute approximate surface area is 114 Å². The molecule has 1 amide bonds. The summed E-state index contributed by atoms with van der Waals surface area (Å²) in [6, 6.07) is 0. The predicted molar refractivity (Wildman–Crippen MR) is 70.3 cm³/mol. The van der Waals surface area contributed by atoms with E-state index in [0.29, 0.717) is 32.8 Å². The van der Waals surface area contributed by atoms with Gasteiger partial charge in [-0.3, -0.25) is 4.79 Å². The second kappa shape index (κ2) is 15.3. The van der Waals surface area contributed by atoms with Crippen LogP contribution in [-0.4, -0.2) is 57.5 Å². The number of rotatable bonds is 14. The molecule has 4 N–H and O–H groups in total. The molecule has 0 rings (SSSR count). The molecule has 0 aliphatic rings. The van der Waals surface area contributed by atoms with Gasteiger partial charge in [0.2, 0.25) is 5.91 Å². The van der Waals surface area contributed by atoms with Crippen molar-refractivity contribution in [2.45, 2.75) is 25.7 Å². The lowest BCUT2D eigenvalue weighted by Crippen LogP contribution is -2.25. The molecule has 0 aromatic heterocycles. The molecular weight excluding hydrogens is 252 g/mol. The first-order chi connectivity index (χ1) is 9.31. The van der Waals surface area contributed by atoms with E-state index in [-0.39, 0.29) is 26.0 Å². The number of nitrogens with two attached hydrogens (primary N) is 1. The first-order valence-corrected chi connectivity index (χ1v) is 6.62. The minimum Gasteiger partial charge on any atom is -0.396 e. The fourth-order valence-electron chi connectivity index (χ4n) is 1.27. The van der Waals surface area contributed by atoms with Crippen LogP contribution in [0.25, 0.3) is 0 Å². The van der Waals surface area contributed by atoms with Crippen molar-refractivity contribution < 1.29 is 24.1 Å². The van der Waals surface area contributed by atoms with Gasteiger partial charge < -0.3 is 30.4 Å². The van der Waals surface area contributed by atoms with Crippen LogP contribution >= 0.6 is 0 Å². The summed E-state index contributed by atoms with van der Waals surface area (Å²) < 4.78 is 15.1. The monoisotopic (exact) mass is 278 g/mol. The average molecular weight is 278 g/mol. The molecule has 0 fully saturated rings. The zero-order valence-corrected chi connectivity index (χ0v) is 11.4. The van der Waals surface area contributed by atoms with Crippen LogP contribution in [0.5, 0.6) is 0 Å². The van der Waals surface area contributed by atoms with Crippen LogP contribution < -0.4 is 11.1 Å². The third kappa shape index (κ3) is 15.2. The fourth-order valence-corrected chi connectivity index (χ4v) is 1.27. The second-order valence-electron chi connectivity index (χ2n) is 3.89. The zero-order chi connectivity index (χ0) is 14.2. The van der Waals surface area contributed by atoms with E-state index in [1.54, 1.807) is 0 Å². The number of aliphatic hydroxyl groups is 1. The lowest BCUT2D eigenvalue weighted by Gasteiger charge is -2.07. The highest BCUT2D eigenvalue weighted by atomic mass is 16.7. The molecule has 0 saturated carbocycles. The van der Waals surface area contributed by atoms with Crippen LogP contribution in [0.2, 0.25) is 0 Å². The summed E-state index contributed by atoms with van der Waals surface area (Å²) in [6.07, 6.45) is 2.91. The average Bonchev–Trinajstić information content (AvgIpc) is 2.41. The molecule has 0 saturated heterocycles. The van der Waals surface area contributed by atoms with E-state index in [9.17, 15) is 4.79 Å². The smallest absolute Gasteiger partial charge is 0.222 e. The van der Waals surface area contributed by atoms with Crippen molar-refractivity contribution in [1.29, 1.82) is 0 Å². The minimum absolute atomic E-state index is 0.0320. The Morgan fingerprint density at radius 1 is 1.05 bits per heavy atom. The summed E-state index contributed by atoms with van der Waals surface area (Å²) in [5.41, 5.74) is 5.13. The Balaban J connectivity index is 3.12. The number of amides is 1. The molecule has 0 spiro atoms. The van der Waals surface area contributed by atoms with E-state index in [4.69, 9.17) is 25.1 Å². The lowest BCUT2D eigenvalue weighted by atomic mass is 10.2. The van der Waals surface area contributed by atoms with E-state index in [0.717, 1.165) is 19.3 Å². The molecule has 0 heterocycles. The van der Waals surface area contributed by atoms with Crippen molar-refractivity contribution in [2.75, 3.05) is 46.5 Å². The minimum atomic E-state index is -0.0320. The van der Waals surface area contributed by atoms with Gasteiger partial charge in [0.05, 0.1) is 33.0 Å². The number of unbranched alkanes of at least 4 members (excludes halogenated alkanes) is 2. The van der Waals surface area contributed by atoms with Crippen molar-refractivity contribution >= 4 is 5.91 Å². The molecule has 19 heavy (non-hydrogen) atoms. The zero-order valence-electron chi connectivity index (χ0n) is 11.4. The molecule has 0 unspecified atom stereocenters. The number of hydrogen-bond donors (Lipinski definition) is 3. The van der Waals surface area contributed by atoms with Crippen LogP contribution in [0.4, 0.5) is 0 Å². The van der Waals surface area contributed by atoms with Gasteiger partial charge in [0.15, 0.2) is 0 Å². The highest BCUT2D eigenvalue weighted by molar-refractivity contribution is 5.75. The molecule has 0 atom stereocenters. The lowest BCUT2D eigenvalue weighted by molar-refractivity contribution is -0.124. The van der Waals surface area contributed by atoms with Gasteiger partial charge in [0.25, 0.3) is 0 Å². The van der Waals surface area contributed by atoms with Crippen molar-refractivity contribution in [3.63, 3.8) is 0 Å². The van der Waals surface area contributed by atoms with Gasteiger partial charge in [0, 0.05) is 13.2 Å². The summed E-state index contributed by atoms with van der Waals surface area (Å²) in [7, 11) is 0. The topological polar surface area (TPSA) is 103 Å². The normalized spacial score (nSPS) is 10.6. The molecule has 0 aromatic carbocycles. The van der Waals surface area contributed by atoms with Crippen molar-refractivity contribution in [3.05, 3.63) is 0 Å².